The first-order valence-corrected chi connectivity index (χ1v) is 9.49. The van der Waals surface area contributed by atoms with Crippen molar-refractivity contribution >= 4 is 5.69 Å². The highest BCUT2D eigenvalue weighted by molar-refractivity contribution is 5.51. The lowest BCUT2D eigenvalue weighted by Crippen LogP contribution is -2.35. The molecular formula is C21H24FN5O. The summed E-state index contributed by atoms with van der Waals surface area (Å²) < 4.78 is 20.2. The molecule has 6 nitrogen and oxygen atoms in total. The number of hydrogen-bond donors (Lipinski definition) is 2. The summed E-state index contributed by atoms with van der Waals surface area (Å²) >= 11 is 0. The van der Waals surface area contributed by atoms with Gasteiger partial charge in [-0.2, -0.15) is 0 Å². The van der Waals surface area contributed by atoms with E-state index < -0.39 is 0 Å². The minimum Gasteiger partial charge on any atom is -0.379 e. The van der Waals surface area contributed by atoms with Crippen LogP contribution >= 0.6 is 0 Å². The molecule has 0 unspecified atom stereocenters. The van der Waals surface area contributed by atoms with Crippen LogP contribution in [0.5, 0.6) is 0 Å². The number of rotatable bonds is 6. The minimum atomic E-state index is -0.204. The molecule has 0 spiro atoms. The van der Waals surface area contributed by atoms with E-state index in [2.05, 4.69) is 25.2 Å². The third kappa shape index (κ3) is 4.37. The van der Waals surface area contributed by atoms with E-state index in [1.807, 2.05) is 43.5 Å². The van der Waals surface area contributed by atoms with E-state index in [0.29, 0.717) is 43.4 Å². The smallest absolute Gasteiger partial charge is 0.156 e. The van der Waals surface area contributed by atoms with Crippen molar-refractivity contribution in [3.8, 4) is 11.5 Å². The van der Waals surface area contributed by atoms with Crippen LogP contribution in [0.4, 0.5) is 10.1 Å². The van der Waals surface area contributed by atoms with Gasteiger partial charge in [0.15, 0.2) is 11.6 Å². The number of nitrogens with one attached hydrogen (secondary N) is 2. The first kappa shape index (κ1) is 18.6. The molecule has 0 atom stereocenters. The van der Waals surface area contributed by atoms with E-state index in [1.165, 1.54) is 0 Å². The van der Waals surface area contributed by atoms with Gasteiger partial charge in [-0.25, -0.2) is 14.4 Å². The maximum Gasteiger partial charge on any atom is 0.156 e. The summed E-state index contributed by atoms with van der Waals surface area (Å²) in [4.78, 5) is 14.4. The van der Waals surface area contributed by atoms with Crippen LogP contribution in [0.1, 0.15) is 17.0 Å². The Bertz CT molecular complexity index is 936. The van der Waals surface area contributed by atoms with Gasteiger partial charge in [0.2, 0.25) is 0 Å². The number of imidazole rings is 1. The summed E-state index contributed by atoms with van der Waals surface area (Å²) in [5, 5.41) is 3.16. The van der Waals surface area contributed by atoms with Crippen LogP contribution in [0.3, 0.4) is 0 Å². The minimum absolute atomic E-state index is 0.204. The van der Waals surface area contributed by atoms with Crippen LogP contribution in [0, 0.1) is 12.7 Å². The summed E-state index contributed by atoms with van der Waals surface area (Å²) in [6, 6.07) is 11.3. The normalized spacial score (nSPS) is 14.9. The van der Waals surface area contributed by atoms with Crippen molar-refractivity contribution in [3.63, 3.8) is 0 Å². The summed E-state index contributed by atoms with van der Waals surface area (Å²) in [6.45, 7) is 6.05. The standard InChI is InChI=1S/C21H24FN5O/c1-15-4-2-7-19(25-15)21-24-13-17(26-21)12-23-18-6-3-5-16(20(18)22)14-27-8-10-28-11-9-27/h2-7,13,23H,8-12,14H2,1H3,(H,24,26). The Hall–Kier alpha value is -2.77. The van der Waals surface area contributed by atoms with Crippen molar-refractivity contribution in [2.45, 2.75) is 20.0 Å². The molecule has 3 heterocycles. The summed E-state index contributed by atoms with van der Waals surface area (Å²) in [7, 11) is 0. The maximum absolute atomic E-state index is 14.9. The Morgan fingerprint density at radius 1 is 1.14 bits per heavy atom. The largest absolute Gasteiger partial charge is 0.379 e. The molecule has 28 heavy (non-hydrogen) atoms. The Kier molecular flexibility index (Phi) is 5.64. The molecule has 0 saturated carbocycles. The van der Waals surface area contributed by atoms with Crippen LogP contribution < -0.4 is 5.32 Å². The molecule has 2 N–H and O–H groups in total. The van der Waals surface area contributed by atoms with Crippen molar-refractivity contribution in [3.05, 3.63) is 65.4 Å². The zero-order valence-corrected chi connectivity index (χ0v) is 15.9. The lowest BCUT2D eigenvalue weighted by molar-refractivity contribution is 0.0337. The van der Waals surface area contributed by atoms with Gasteiger partial charge in [0.1, 0.15) is 5.69 Å². The van der Waals surface area contributed by atoms with Crippen LogP contribution in [0.25, 0.3) is 11.5 Å². The molecule has 1 aromatic carbocycles. The average molecular weight is 381 g/mol. The summed E-state index contributed by atoms with van der Waals surface area (Å²) in [5.74, 6) is 0.507. The molecule has 1 saturated heterocycles. The SMILES string of the molecule is Cc1cccc(-c2nc(CNc3cccc(CN4CCOCC4)c3F)c[nH]2)n1. The van der Waals surface area contributed by atoms with Gasteiger partial charge in [-0.1, -0.05) is 18.2 Å². The Morgan fingerprint density at radius 2 is 1.96 bits per heavy atom. The molecule has 3 aromatic rings. The lowest BCUT2D eigenvalue weighted by Gasteiger charge is -2.27. The monoisotopic (exact) mass is 381 g/mol. The molecule has 146 valence electrons. The highest BCUT2D eigenvalue weighted by atomic mass is 19.1. The number of H-pyrrole nitrogens is 1. The number of aromatic amines is 1. The number of morpholine rings is 1. The van der Waals surface area contributed by atoms with Gasteiger partial charge in [-0.15, -0.1) is 0 Å². The second-order valence-electron chi connectivity index (χ2n) is 6.93. The van der Waals surface area contributed by atoms with E-state index in [-0.39, 0.29) is 5.82 Å². The molecule has 7 heteroatoms. The number of halogens is 1. The van der Waals surface area contributed by atoms with E-state index in [0.717, 1.165) is 30.2 Å². The first-order chi connectivity index (χ1) is 13.7. The van der Waals surface area contributed by atoms with Crippen molar-refractivity contribution < 1.29 is 9.13 Å². The van der Waals surface area contributed by atoms with Gasteiger partial charge in [0.05, 0.1) is 31.1 Å². The lowest BCUT2D eigenvalue weighted by atomic mass is 10.1. The van der Waals surface area contributed by atoms with Crippen molar-refractivity contribution in [2.75, 3.05) is 31.6 Å². The Balaban J connectivity index is 1.41. The zero-order valence-electron chi connectivity index (χ0n) is 15.9. The fourth-order valence-electron chi connectivity index (χ4n) is 3.28. The molecule has 2 aromatic heterocycles. The predicted octanol–water partition coefficient (Wildman–Crippen LogP) is 3.36. The molecule has 1 aliphatic heterocycles. The summed E-state index contributed by atoms with van der Waals surface area (Å²) in [5.41, 5.74) is 3.72. The maximum atomic E-state index is 14.9. The van der Waals surface area contributed by atoms with E-state index in [9.17, 15) is 4.39 Å². The van der Waals surface area contributed by atoms with E-state index in [4.69, 9.17) is 4.74 Å². The number of aryl methyl sites for hydroxylation is 1. The predicted molar refractivity (Wildman–Crippen MR) is 106 cm³/mol. The van der Waals surface area contributed by atoms with Crippen LogP contribution in [0.2, 0.25) is 0 Å². The molecule has 1 fully saturated rings. The van der Waals surface area contributed by atoms with Gasteiger partial charge in [-0.05, 0) is 25.1 Å². The third-order valence-corrected chi connectivity index (χ3v) is 4.80. The molecule has 0 aliphatic carbocycles. The fraction of sp³-hybridized carbons (Fsp3) is 0.333. The molecule has 0 radical (unpaired) electrons. The number of hydrogen-bond acceptors (Lipinski definition) is 5. The highest BCUT2D eigenvalue weighted by Crippen LogP contribution is 2.21. The fourth-order valence-corrected chi connectivity index (χ4v) is 3.28. The van der Waals surface area contributed by atoms with Gasteiger partial charge < -0.3 is 15.0 Å². The first-order valence-electron chi connectivity index (χ1n) is 9.49. The Morgan fingerprint density at radius 3 is 2.79 bits per heavy atom. The van der Waals surface area contributed by atoms with Crippen LogP contribution in [-0.2, 0) is 17.8 Å². The van der Waals surface area contributed by atoms with Crippen molar-refractivity contribution in [1.82, 2.24) is 19.9 Å². The molecular weight excluding hydrogens is 357 g/mol. The molecule has 1 aliphatic rings. The van der Waals surface area contributed by atoms with Gasteiger partial charge in [0, 0.05) is 37.1 Å². The number of ether oxygens (including phenoxy) is 1. The summed E-state index contributed by atoms with van der Waals surface area (Å²) in [6.07, 6.45) is 1.82. The van der Waals surface area contributed by atoms with Gasteiger partial charge in [-0.3, -0.25) is 4.90 Å². The number of aromatic nitrogens is 3. The van der Waals surface area contributed by atoms with Crippen molar-refractivity contribution in [1.29, 1.82) is 0 Å². The van der Waals surface area contributed by atoms with Crippen LogP contribution in [-0.4, -0.2) is 46.2 Å². The number of anilines is 1. The molecule has 0 bridgehead atoms. The van der Waals surface area contributed by atoms with Gasteiger partial charge >= 0.3 is 0 Å². The quantitative estimate of drug-likeness (QED) is 0.685. The molecule has 0 amide bonds. The third-order valence-electron chi connectivity index (χ3n) is 4.80. The Labute approximate surface area is 163 Å². The second kappa shape index (κ2) is 8.50. The highest BCUT2D eigenvalue weighted by Gasteiger charge is 2.15. The average Bonchev–Trinajstić information content (AvgIpc) is 3.19. The van der Waals surface area contributed by atoms with E-state index in [1.54, 1.807) is 6.07 Å². The van der Waals surface area contributed by atoms with Gasteiger partial charge in [0.25, 0.3) is 0 Å². The zero-order chi connectivity index (χ0) is 19.3. The van der Waals surface area contributed by atoms with E-state index >= 15 is 0 Å². The van der Waals surface area contributed by atoms with Crippen LogP contribution in [0.15, 0.2) is 42.6 Å². The number of pyridine rings is 1. The number of nitrogens with zero attached hydrogens (tertiary/aromatic N) is 3. The topological polar surface area (TPSA) is 66.1 Å². The molecule has 4 rings (SSSR count). The second-order valence-corrected chi connectivity index (χ2v) is 6.93. The van der Waals surface area contributed by atoms with Crippen molar-refractivity contribution in [2.24, 2.45) is 0 Å². The number of benzene rings is 1.